The number of aryl methyl sites for hydroxylation is 1. The lowest BCUT2D eigenvalue weighted by molar-refractivity contribution is 0.354. The molecule has 3 aromatic rings. The predicted molar refractivity (Wildman–Crippen MR) is 111 cm³/mol. The standard InChI is InChI=1S/C23H28N2O2/c1-4-16-15-25(21-6-5-7-22(26-2)23(21)27-3)20-9-8-18(14-19(16)20)17-10-12-24-13-11-17/h5-9,14-15,17,24H,4,10-13H2,1-3H3. The third-order valence-electron chi connectivity index (χ3n) is 5.74. The number of nitrogens with one attached hydrogen (secondary N) is 1. The van der Waals surface area contributed by atoms with Crippen LogP contribution in [0.5, 0.6) is 11.5 Å². The first-order chi connectivity index (χ1) is 13.3. The molecular formula is C23H28N2O2. The molecule has 27 heavy (non-hydrogen) atoms. The number of nitrogens with zero attached hydrogens (tertiary/aromatic N) is 1. The van der Waals surface area contributed by atoms with Crippen LogP contribution in [0.3, 0.4) is 0 Å². The van der Waals surface area contributed by atoms with Crippen LogP contribution in [-0.4, -0.2) is 31.9 Å². The van der Waals surface area contributed by atoms with Gasteiger partial charge >= 0.3 is 0 Å². The van der Waals surface area contributed by atoms with Crippen LogP contribution in [0.2, 0.25) is 0 Å². The molecule has 1 aliphatic heterocycles. The van der Waals surface area contributed by atoms with Gasteiger partial charge in [0.05, 0.1) is 25.4 Å². The Labute approximate surface area is 161 Å². The van der Waals surface area contributed by atoms with Gasteiger partial charge in [-0.05, 0) is 73.7 Å². The van der Waals surface area contributed by atoms with E-state index in [4.69, 9.17) is 9.47 Å². The fourth-order valence-corrected chi connectivity index (χ4v) is 4.27. The van der Waals surface area contributed by atoms with E-state index in [0.717, 1.165) is 36.7 Å². The number of para-hydroxylation sites is 1. The average molecular weight is 364 g/mol. The van der Waals surface area contributed by atoms with E-state index in [1.807, 2.05) is 12.1 Å². The van der Waals surface area contributed by atoms with Gasteiger partial charge in [0.1, 0.15) is 0 Å². The third-order valence-corrected chi connectivity index (χ3v) is 5.74. The van der Waals surface area contributed by atoms with Crippen molar-refractivity contribution in [1.82, 2.24) is 9.88 Å². The molecule has 0 unspecified atom stereocenters. The van der Waals surface area contributed by atoms with Crippen molar-refractivity contribution in [2.75, 3.05) is 27.3 Å². The number of methoxy groups -OCH3 is 2. The van der Waals surface area contributed by atoms with Crippen molar-refractivity contribution in [2.24, 2.45) is 0 Å². The van der Waals surface area contributed by atoms with Crippen LogP contribution in [0.1, 0.15) is 36.8 Å². The molecule has 0 aliphatic carbocycles. The van der Waals surface area contributed by atoms with Gasteiger partial charge in [-0.3, -0.25) is 0 Å². The summed E-state index contributed by atoms with van der Waals surface area (Å²) in [5.41, 5.74) is 5.06. The number of aromatic nitrogens is 1. The number of fused-ring (bicyclic) bond motifs is 1. The molecule has 2 heterocycles. The second-order valence-electron chi connectivity index (χ2n) is 7.19. The number of rotatable bonds is 5. The van der Waals surface area contributed by atoms with E-state index in [1.54, 1.807) is 14.2 Å². The van der Waals surface area contributed by atoms with Gasteiger partial charge in [0.15, 0.2) is 11.5 Å². The van der Waals surface area contributed by atoms with Crippen molar-refractivity contribution in [2.45, 2.75) is 32.1 Å². The Kier molecular flexibility index (Phi) is 5.08. The van der Waals surface area contributed by atoms with E-state index < -0.39 is 0 Å². The molecule has 1 aromatic heterocycles. The Morgan fingerprint density at radius 3 is 2.59 bits per heavy atom. The molecule has 0 spiro atoms. The van der Waals surface area contributed by atoms with Crippen molar-refractivity contribution in [3.8, 4) is 17.2 Å². The molecule has 1 fully saturated rings. The van der Waals surface area contributed by atoms with Crippen LogP contribution in [0.25, 0.3) is 16.6 Å². The smallest absolute Gasteiger partial charge is 0.184 e. The van der Waals surface area contributed by atoms with Gasteiger partial charge in [-0.1, -0.05) is 19.1 Å². The maximum atomic E-state index is 5.68. The van der Waals surface area contributed by atoms with Gasteiger partial charge in [0.25, 0.3) is 0 Å². The molecule has 2 aromatic carbocycles. The van der Waals surface area contributed by atoms with E-state index in [-0.39, 0.29) is 0 Å². The summed E-state index contributed by atoms with van der Waals surface area (Å²) >= 11 is 0. The molecule has 4 heteroatoms. The van der Waals surface area contributed by atoms with Crippen LogP contribution in [0.4, 0.5) is 0 Å². The normalized spacial score (nSPS) is 15.2. The molecule has 0 saturated carbocycles. The summed E-state index contributed by atoms with van der Waals surface area (Å²) in [6.45, 7) is 4.45. The fourth-order valence-electron chi connectivity index (χ4n) is 4.27. The van der Waals surface area contributed by atoms with Crippen molar-refractivity contribution >= 4 is 10.9 Å². The molecule has 0 atom stereocenters. The largest absolute Gasteiger partial charge is 0.493 e. The van der Waals surface area contributed by atoms with Crippen LogP contribution >= 0.6 is 0 Å². The first-order valence-electron chi connectivity index (χ1n) is 9.82. The lowest BCUT2D eigenvalue weighted by Crippen LogP contribution is -2.26. The van der Waals surface area contributed by atoms with Gasteiger partial charge in [0.2, 0.25) is 0 Å². The lowest BCUT2D eigenvalue weighted by Gasteiger charge is -2.23. The molecule has 1 N–H and O–H groups in total. The summed E-state index contributed by atoms with van der Waals surface area (Å²) in [6.07, 6.45) is 5.69. The number of hydrogen-bond acceptors (Lipinski definition) is 3. The van der Waals surface area contributed by atoms with Crippen LogP contribution in [0.15, 0.2) is 42.6 Å². The Morgan fingerprint density at radius 1 is 1.07 bits per heavy atom. The number of benzene rings is 2. The maximum absolute atomic E-state index is 5.68. The molecule has 1 aliphatic rings. The van der Waals surface area contributed by atoms with Gasteiger partial charge < -0.3 is 19.4 Å². The minimum Gasteiger partial charge on any atom is -0.493 e. The van der Waals surface area contributed by atoms with Crippen molar-refractivity contribution in [3.05, 3.63) is 53.7 Å². The van der Waals surface area contributed by atoms with E-state index in [2.05, 4.69) is 47.3 Å². The minimum atomic E-state index is 0.662. The van der Waals surface area contributed by atoms with Crippen molar-refractivity contribution in [1.29, 1.82) is 0 Å². The highest BCUT2D eigenvalue weighted by atomic mass is 16.5. The highest BCUT2D eigenvalue weighted by Gasteiger charge is 2.19. The summed E-state index contributed by atoms with van der Waals surface area (Å²) in [7, 11) is 3.38. The zero-order valence-electron chi connectivity index (χ0n) is 16.4. The molecule has 1 saturated heterocycles. The Morgan fingerprint density at radius 2 is 1.89 bits per heavy atom. The highest BCUT2D eigenvalue weighted by Crippen LogP contribution is 2.37. The van der Waals surface area contributed by atoms with Gasteiger partial charge in [-0.25, -0.2) is 0 Å². The van der Waals surface area contributed by atoms with E-state index in [9.17, 15) is 0 Å². The molecule has 0 amide bonds. The monoisotopic (exact) mass is 364 g/mol. The molecule has 0 radical (unpaired) electrons. The van der Waals surface area contributed by atoms with E-state index in [1.165, 1.54) is 34.9 Å². The van der Waals surface area contributed by atoms with E-state index in [0.29, 0.717) is 5.92 Å². The summed E-state index contributed by atoms with van der Waals surface area (Å²) in [5.74, 6) is 2.18. The zero-order chi connectivity index (χ0) is 18.8. The Hall–Kier alpha value is -2.46. The van der Waals surface area contributed by atoms with Crippen molar-refractivity contribution < 1.29 is 9.47 Å². The summed E-state index contributed by atoms with van der Waals surface area (Å²) in [6, 6.07) is 13.0. The Bertz CT molecular complexity index is 939. The first kappa shape index (κ1) is 17.9. The first-order valence-corrected chi connectivity index (χ1v) is 9.82. The summed E-state index contributed by atoms with van der Waals surface area (Å²) < 4.78 is 13.4. The number of hydrogen-bond donors (Lipinski definition) is 1. The zero-order valence-corrected chi connectivity index (χ0v) is 16.4. The summed E-state index contributed by atoms with van der Waals surface area (Å²) in [4.78, 5) is 0. The van der Waals surface area contributed by atoms with Gasteiger partial charge in [0, 0.05) is 11.6 Å². The maximum Gasteiger partial charge on any atom is 0.184 e. The predicted octanol–water partition coefficient (Wildman–Crippen LogP) is 4.68. The quantitative estimate of drug-likeness (QED) is 0.714. The number of piperidine rings is 1. The molecule has 0 bridgehead atoms. The third kappa shape index (κ3) is 3.19. The van der Waals surface area contributed by atoms with Crippen LogP contribution in [-0.2, 0) is 6.42 Å². The lowest BCUT2D eigenvalue weighted by atomic mass is 9.89. The Balaban J connectivity index is 1.85. The van der Waals surface area contributed by atoms with Crippen LogP contribution < -0.4 is 14.8 Å². The SMILES string of the molecule is CCc1cn(-c2cccc(OC)c2OC)c2ccc(C3CCNCC3)cc12. The van der Waals surface area contributed by atoms with Gasteiger partial charge in [-0.2, -0.15) is 0 Å². The minimum absolute atomic E-state index is 0.662. The second kappa shape index (κ2) is 7.65. The highest BCUT2D eigenvalue weighted by molar-refractivity contribution is 5.87. The average Bonchev–Trinajstić information content (AvgIpc) is 3.11. The molecule has 4 rings (SSSR count). The second-order valence-corrected chi connectivity index (χ2v) is 7.19. The fraction of sp³-hybridized carbons (Fsp3) is 0.391. The molecule has 142 valence electrons. The van der Waals surface area contributed by atoms with Crippen molar-refractivity contribution in [3.63, 3.8) is 0 Å². The topological polar surface area (TPSA) is 35.4 Å². The van der Waals surface area contributed by atoms with Gasteiger partial charge in [-0.15, -0.1) is 0 Å². The molecule has 4 nitrogen and oxygen atoms in total. The van der Waals surface area contributed by atoms with E-state index >= 15 is 0 Å². The summed E-state index contributed by atoms with van der Waals surface area (Å²) in [5, 5.41) is 4.81. The number of ether oxygens (including phenoxy) is 2. The molecular weight excluding hydrogens is 336 g/mol. The van der Waals surface area contributed by atoms with Crippen LogP contribution in [0, 0.1) is 0 Å².